The summed E-state index contributed by atoms with van der Waals surface area (Å²) in [6.45, 7) is 6.16. The van der Waals surface area contributed by atoms with Crippen molar-refractivity contribution in [2.45, 2.75) is 19.6 Å². The number of methoxy groups -OCH3 is 1. The lowest BCUT2D eigenvalue weighted by atomic mass is 10.1. The number of ether oxygens (including phenoxy) is 3. The van der Waals surface area contributed by atoms with E-state index in [1.807, 2.05) is 12.1 Å². The van der Waals surface area contributed by atoms with Gasteiger partial charge in [0.25, 0.3) is 0 Å². The first-order valence-electron chi connectivity index (χ1n) is 10.0. The largest absolute Gasteiger partial charge is 0.493 e. The zero-order valence-electron chi connectivity index (χ0n) is 17.1. The molecule has 1 fully saturated rings. The third-order valence-electron chi connectivity index (χ3n) is 5.04. The summed E-state index contributed by atoms with van der Waals surface area (Å²) in [5.74, 6) is 0.780. The van der Waals surface area contributed by atoms with Gasteiger partial charge in [-0.3, -0.25) is 4.90 Å². The lowest BCUT2D eigenvalue weighted by Crippen LogP contribution is -2.37. The quantitative estimate of drug-likeness (QED) is 0.481. The van der Waals surface area contributed by atoms with E-state index in [0.29, 0.717) is 28.6 Å². The normalized spacial score (nSPS) is 14.7. The van der Waals surface area contributed by atoms with Crippen molar-refractivity contribution in [2.75, 3.05) is 46.5 Å². The summed E-state index contributed by atoms with van der Waals surface area (Å²) >= 11 is 9.74. The second kappa shape index (κ2) is 11.9. The number of nitrogens with zero attached hydrogens (tertiary/aromatic N) is 1. The number of hydrogen-bond acceptors (Lipinski definition) is 5. The maximum Gasteiger partial charge on any atom is 0.167 e. The van der Waals surface area contributed by atoms with Gasteiger partial charge in [-0.2, -0.15) is 0 Å². The van der Waals surface area contributed by atoms with Gasteiger partial charge in [0.1, 0.15) is 12.4 Å². The Morgan fingerprint density at radius 2 is 2.00 bits per heavy atom. The molecular weight excluding hydrogens is 475 g/mol. The van der Waals surface area contributed by atoms with Crippen LogP contribution in [0, 0.1) is 5.82 Å². The van der Waals surface area contributed by atoms with Gasteiger partial charge in [-0.1, -0.05) is 33.6 Å². The fourth-order valence-corrected chi connectivity index (χ4v) is 4.02. The minimum Gasteiger partial charge on any atom is -0.493 e. The van der Waals surface area contributed by atoms with Crippen molar-refractivity contribution in [3.8, 4) is 11.5 Å². The molecule has 0 saturated carbocycles. The van der Waals surface area contributed by atoms with E-state index in [2.05, 4.69) is 26.1 Å². The monoisotopic (exact) mass is 500 g/mol. The number of hydrogen-bond donors (Lipinski definition) is 1. The van der Waals surface area contributed by atoms with Crippen LogP contribution in [0.5, 0.6) is 11.5 Å². The van der Waals surface area contributed by atoms with Crippen LogP contribution in [0.4, 0.5) is 4.39 Å². The highest BCUT2D eigenvalue weighted by Crippen LogP contribution is 2.37. The molecule has 0 unspecified atom stereocenters. The van der Waals surface area contributed by atoms with Crippen LogP contribution in [0.2, 0.25) is 5.02 Å². The van der Waals surface area contributed by atoms with E-state index in [-0.39, 0.29) is 12.4 Å². The lowest BCUT2D eigenvalue weighted by Gasteiger charge is -2.26. The Balaban J connectivity index is 1.61. The minimum atomic E-state index is -0.390. The van der Waals surface area contributed by atoms with Gasteiger partial charge >= 0.3 is 0 Å². The molecule has 5 nitrogen and oxygen atoms in total. The molecule has 2 aromatic rings. The summed E-state index contributed by atoms with van der Waals surface area (Å²) in [4.78, 5) is 2.42. The van der Waals surface area contributed by atoms with Crippen LogP contribution in [-0.2, 0) is 17.9 Å². The Morgan fingerprint density at radius 3 is 2.73 bits per heavy atom. The van der Waals surface area contributed by atoms with E-state index in [1.165, 1.54) is 6.07 Å². The van der Waals surface area contributed by atoms with Crippen LogP contribution in [0.15, 0.2) is 34.8 Å². The molecule has 1 N–H and O–H groups in total. The molecule has 2 aromatic carbocycles. The van der Waals surface area contributed by atoms with Gasteiger partial charge in [0, 0.05) is 35.2 Å². The maximum absolute atomic E-state index is 14.1. The standard InChI is InChI=1S/C22H27BrClFN2O3/c1-28-21-7-6-18(23)16(14-26-8-3-9-27-10-12-29-13-11-27)22(21)30-15-17-19(24)4-2-5-20(17)25/h2,4-7,26H,3,8-15H2,1H3. The Labute approximate surface area is 190 Å². The molecule has 1 saturated heterocycles. The van der Waals surface area contributed by atoms with Gasteiger partial charge < -0.3 is 19.5 Å². The minimum absolute atomic E-state index is 0.0162. The van der Waals surface area contributed by atoms with Crippen molar-refractivity contribution < 1.29 is 18.6 Å². The average Bonchev–Trinajstić information content (AvgIpc) is 2.75. The van der Waals surface area contributed by atoms with E-state index >= 15 is 0 Å². The Bertz CT molecular complexity index is 814. The molecule has 0 bridgehead atoms. The molecule has 0 aliphatic carbocycles. The predicted octanol–water partition coefficient (Wildman–Crippen LogP) is 4.64. The first-order chi connectivity index (χ1) is 14.6. The SMILES string of the molecule is COc1ccc(Br)c(CNCCCN2CCOCC2)c1OCc1c(F)cccc1Cl. The lowest BCUT2D eigenvalue weighted by molar-refractivity contribution is 0.0374. The summed E-state index contributed by atoms with van der Waals surface area (Å²) in [6.07, 6.45) is 1.04. The Hall–Kier alpha value is -1.38. The van der Waals surface area contributed by atoms with Gasteiger partial charge in [-0.05, 0) is 43.8 Å². The van der Waals surface area contributed by atoms with Crippen LogP contribution in [0.3, 0.4) is 0 Å². The fourth-order valence-electron chi connectivity index (χ4n) is 3.35. The summed E-state index contributed by atoms with van der Waals surface area (Å²) in [5, 5.41) is 3.81. The van der Waals surface area contributed by atoms with Crippen LogP contribution in [0.25, 0.3) is 0 Å². The topological polar surface area (TPSA) is 43.0 Å². The van der Waals surface area contributed by atoms with E-state index in [1.54, 1.807) is 19.2 Å². The predicted molar refractivity (Wildman–Crippen MR) is 120 cm³/mol. The van der Waals surface area contributed by atoms with Crippen LogP contribution in [0.1, 0.15) is 17.5 Å². The number of morpholine rings is 1. The first-order valence-corrected chi connectivity index (χ1v) is 11.2. The van der Waals surface area contributed by atoms with Crippen molar-refractivity contribution >= 4 is 27.5 Å². The third kappa shape index (κ3) is 6.31. The zero-order chi connectivity index (χ0) is 21.3. The third-order valence-corrected chi connectivity index (χ3v) is 6.14. The summed E-state index contributed by atoms with van der Waals surface area (Å²) in [7, 11) is 1.59. The van der Waals surface area contributed by atoms with E-state index in [0.717, 1.165) is 55.8 Å². The molecule has 0 atom stereocenters. The van der Waals surface area contributed by atoms with Crippen molar-refractivity contribution in [1.82, 2.24) is 10.2 Å². The highest BCUT2D eigenvalue weighted by atomic mass is 79.9. The Kier molecular flexibility index (Phi) is 9.21. The zero-order valence-corrected chi connectivity index (χ0v) is 19.4. The highest BCUT2D eigenvalue weighted by Gasteiger charge is 2.17. The Morgan fingerprint density at radius 1 is 1.20 bits per heavy atom. The molecule has 0 spiro atoms. The number of benzene rings is 2. The number of rotatable bonds is 10. The van der Waals surface area contributed by atoms with Crippen molar-refractivity contribution in [3.63, 3.8) is 0 Å². The van der Waals surface area contributed by atoms with E-state index in [4.69, 9.17) is 25.8 Å². The van der Waals surface area contributed by atoms with Crippen LogP contribution < -0.4 is 14.8 Å². The molecule has 0 amide bonds. The van der Waals surface area contributed by atoms with Crippen LogP contribution >= 0.6 is 27.5 Å². The molecule has 0 radical (unpaired) electrons. The molecule has 164 valence electrons. The van der Waals surface area contributed by atoms with Crippen LogP contribution in [-0.4, -0.2) is 51.4 Å². The average molecular weight is 502 g/mol. The van der Waals surface area contributed by atoms with Crippen molar-refractivity contribution in [2.24, 2.45) is 0 Å². The van der Waals surface area contributed by atoms with Gasteiger partial charge in [0.2, 0.25) is 0 Å². The highest BCUT2D eigenvalue weighted by molar-refractivity contribution is 9.10. The second-order valence-corrected chi connectivity index (χ2v) is 8.29. The summed E-state index contributed by atoms with van der Waals surface area (Å²) in [6, 6.07) is 8.35. The van der Waals surface area contributed by atoms with Gasteiger partial charge in [-0.15, -0.1) is 0 Å². The van der Waals surface area contributed by atoms with Crippen molar-refractivity contribution in [3.05, 3.63) is 56.8 Å². The summed E-state index contributed by atoms with van der Waals surface area (Å²) < 4.78 is 31.9. The second-order valence-electron chi connectivity index (χ2n) is 7.03. The van der Waals surface area contributed by atoms with E-state index < -0.39 is 0 Å². The summed E-state index contributed by atoms with van der Waals surface area (Å²) in [5.41, 5.74) is 1.25. The smallest absolute Gasteiger partial charge is 0.167 e. The molecule has 3 rings (SSSR count). The molecule has 0 aromatic heterocycles. The van der Waals surface area contributed by atoms with Gasteiger partial charge in [-0.25, -0.2) is 4.39 Å². The van der Waals surface area contributed by atoms with Gasteiger partial charge in [0.05, 0.1) is 25.3 Å². The van der Waals surface area contributed by atoms with Gasteiger partial charge in [0.15, 0.2) is 11.5 Å². The molecule has 1 aliphatic heterocycles. The molecule has 8 heteroatoms. The molecule has 1 aliphatic rings. The number of halogens is 3. The maximum atomic E-state index is 14.1. The molecular formula is C22H27BrClFN2O3. The van der Waals surface area contributed by atoms with E-state index in [9.17, 15) is 4.39 Å². The van der Waals surface area contributed by atoms with Crippen molar-refractivity contribution in [1.29, 1.82) is 0 Å². The first kappa shape index (κ1) is 23.3. The molecule has 1 heterocycles. The number of nitrogens with one attached hydrogen (secondary N) is 1. The fraction of sp³-hybridized carbons (Fsp3) is 0.455. The molecule has 30 heavy (non-hydrogen) atoms.